The van der Waals surface area contributed by atoms with E-state index in [0.717, 1.165) is 0 Å². The maximum atomic E-state index is 13.8. The maximum absolute atomic E-state index is 13.8. The number of halogens is 4. The van der Waals surface area contributed by atoms with Crippen LogP contribution in [0.5, 0.6) is 0 Å². The Morgan fingerprint density at radius 3 is 2.14 bits per heavy atom. The van der Waals surface area contributed by atoms with Gasteiger partial charge in [0.25, 0.3) is 5.91 Å². The van der Waals surface area contributed by atoms with Crippen LogP contribution in [0.15, 0.2) is 6.07 Å². The van der Waals surface area contributed by atoms with E-state index in [1.165, 1.54) is 13.8 Å². The van der Waals surface area contributed by atoms with Crippen molar-refractivity contribution in [2.75, 3.05) is 11.4 Å². The second-order valence-electron chi connectivity index (χ2n) is 5.20. The van der Waals surface area contributed by atoms with Crippen LogP contribution in [-0.4, -0.2) is 23.9 Å². The minimum Gasteiger partial charge on any atom is -0.342 e. The van der Waals surface area contributed by atoms with Gasteiger partial charge < -0.3 is 10.2 Å². The zero-order chi connectivity index (χ0) is 15.9. The third kappa shape index (κ3) is 2.57. The van der Waals surface area contributed by atoms with Gasteiger partial charge in [-0.05, 0) is 13.8 Å². The van der Waals surface area contributed by atoms with Crippen molar-refractivity contribution in [3.8, 4) is 0 Å². The summed E-state index contributed by atoms with van der Waals surface area (Å²) in [7, 11) is 0. The van der Waals surface area contributed by atoms with Crippen molar-refractivity contribution < 1.29 is 27.2 Å². The monoisotopic (exact) mass is 304 g/mol. The number of nitrogens with one attached hydrogen (secondary N) is 1. The molecule has 0 atom stereocenters. The van der Waals surface area contributed by atoms with Gasteiger partial charge in [0.2, 0.25) is 5.91 Å². The number of carbonyl (C=O) groups excluding carboxylic acids is 2. The van der Waals surface area contributed by atoms with Crippen molar-refractivity contribution in [3.05, 3.63) is 29.3 Å². The number of amides is 2. The predicted octanol–water partition coefficient (Wildman–Crippen LogP) is 1.87. The molecule has 0 bridgehead atoms. The molecule has 21 heavy (non-hydrogen) atoms. The average molecular weight is 304 g/mol. The number of carbonyl (C=O) groups is 2. The molecule has 8 heteroatoms. The molecule has 1 aromatic rings. The second kappa shape index (κ2) is 5.01. The van der Waals surface area contributed by atoms with Crippen molar-refractivity contribution in [1.82, 2.24) is 5.32 Å². The molecular weight excluding hydrogens is 292 g/mol. The minimum atomic E-state index is -1.67. The summed E-state index contributed by atoms with van der Waals surface area (Å²) in [5.74, 6) is -7.94. The number of hydrogen-bond donors (Lipinski definition) is 1. The van der Waals surface area contributed by atoms with Gasteiger partial charge in [-0.1, -0.05) is 0 Å². The fraction of sp³-hybridized carbons (Fsp3) is 0.385. The highest BCUT2D eigenvalue weighted by molar-refractivity contribution is 6.03. The third-order valence-electron chi connectivity index (χ3n) is 3.15. The normalized spacial score (nSPS) is 18.5. The van der Waals surface area contributed by atoms with Gasteiger partial charge in [-0.15, -0.1) is 0 Å². The molecule has 114 valence electrons. The van der Waals surface area contributed by atoms with Gasteiger partial charge in [0, 0.05) is 19.0 Å². The highest BCUT2D eigenvalue weighted by Gasteiger charge is 2.40. The van der Waals surface area contributed by atoms with E-state index in [1.54, 1.807) is 0 Å². The summed E-state index contributed by atoms with van der Waals surface area (Å²) in [6.45, 7) is 2.28. The quantitative estimate of drug-likeness (QED) is 0.636. The first-order chi connectivity index (χ1) is 9.65. The number of nitrogens with zero attached hydrogens (tertiary/aromatic N) is 1. The molecule has 1 saturated heterocycles. The van der Waals surface area contributed by atoms with Crippen molar-refractivity contribution in [1.29, 1.82) is 0 Å². The van der Waals surface area contributed by atoms with E-state index in [0.29, 0.717) is 4.90 Å². The van der Waals surface area contributed by atoms with E-state index < -0.39 is 46.3 Å². The highest BCUT2D eigenvalue weighted by atomic mass is 19.2. The Bertz CT molecular complexity index is 605. The van der Waals surface area contributed by atoms with Gasteiger partial charge in [-0.2, -0.15) is 0 Å². The molecule has 1 aromatic carbocycles. The van der Waals surface area contributed by atoms with Crippen molar-refractivity contribution in [2.45, 2.75) is 25.8 Å². The lowest BCUT2D eigenvalue weighted by molar-refractivity contribution is -0.128. The SMILES string of the molecule is CC1(C)NC(=O)CCN(c2c(F)c(F)cc(F)c2F)C1=O. The smallest absolute Gasteiger partial charge is 0.252 e. The molecule has 1 N–H and O–H groups in total. The standard InChI is InChI=1S/C13H12F4N2O2/c1-13(2)12(21)19(4-3-8(20)18-13)11-9(16)6(14)5-7(15)10(11)17/h5H,3-4H2,1-2H3,(H,18,20). The zero-order valence-electron chi connectivity index (χ0n) is 11.3. The predicted molar refractivity (Wildman–Crippen MR) is 65.5 cm³/mol. The Hall–Kier alpha value is -2.12. The molecule has 2 amide bonds. The Morgan fingerprint density at radius 1 is 1.10 bits per heavy atom. The van der Waals surface area contributed by atoms with E-state index in [1.807, 2.05) is 0 Å². The largest absolute Gasteiger partial charge is 0.342 e. The Balaban J connectivity index is 2.60. The molecule has 0 saturated carbocycles. The second-order valence-corrected chi connectivity index (χ2v) is 5.20. The Morgan fingerprint density at radius 2 is 1.62 bits per heavy atom. The lowest BCUT2D eigenvalue weighted by atomic mass is 10.0. The van der Waals surface area contributed by atoms with Gasteiger partial charge in [0.05, 0.1) is 0 Å². The summed E-state index contributed by atoms with van der Waals surface area (Å²) in [5, 5.41) is 2.37. The molecule has 1 aliphatic rings. The van der Waals surface area contributed by atoms with Crippen LogP contribution < -0.4 is 10.2 Å². The van der Waals surface area contributed by atoms with Gasteiger partial charge >= 0.3 is 0 Å². The van der Waals surface area contributed by atoms with E-state index >= 15 is 0 Å². The molecule has 0 aromatic heterocycles. The highest BCUT2D eigenvalue weighted by Crippen LogP contribution is 2.30. The molecule has 0 aliphatic carbocycles. The lowest BCUT2D eigenvalue weighted by Gasteiger charge is -2.29. The molecular formula is C13H12F4N2O2. The fourth-order valence-electron chi connectivity index (χ4n) is 2.13. The lowest BCUT2D eigenvalue weighted by Crippen LogP contribution is -2.53. The summed E-state index contributed by atoms with van der Waals surface area (Å²) in [6.07, 6.45) is -0.244. The van der Waals surface area contributed by atoms with Crippen molar-refractivity contribution >= 4 is 17.5 Å². The van der Waals surface area contributed by atoms with E-state index in [4.69, 9.17) is 0 Å². The Kier molecular flexibility index (Phi) is 3.65. The molecule has 0 radical (unpaired) electrons. The van der Waals surface area contributed by atoms with E-state index in [2.05, 4.69) is 5.32 Å². The number of rotatable bonds is 1. The minimum absolute atomic E-state index is 0.0605. The number of anilines is 1. The van der Waals surface area contributed by atoms with Crippen LogP contribution in [0, 0.1) is 23.3 Å². The number of benzene rings is 1. The number of hydrogen-bond acceptors (Lipinski definition) is 2. The van der Waals surface area contributed by atoms with E-state index in [9.17, 15) is 27.2 Å². The maximum Gasteiger partial charge on any atom is 0.252 e. The summed E-state index contributed by atoms with van der Waals surface area (Å²) < 4.78 is 54.1. The van der Waals surface area contributed by atoms with Crippen molar-refractivity contribution in [3.63, 3.8) is 0 Å². The topological polar surface area (TPSA) is 49.4 Å². The molecule has 2 rings (SSSR count). The summed E-state index contributed by atoms with van der Waals surface area (Å²) >= 11 is 0. The molecule has 1 fully saturated rings. The first-order valence-electron chi connectivity index (χ1n) is 6.11. The molecule has 0 unspecified atom stereocenters. The van der Waals surface area contributed by atoms with Crippen LogP contribution in [0.2, 0.25) is 0 Å². The fourth-order valence-corrected chi connectivity index (χ4v) is 2.13. The van der Waals surface area contributed by atoms with Gasteiger partial charge in [0.1, 0.15) is 11.2 Å². The van der Waals surface area contributed by atoms with Crippen LogP contribution >= 0.6 is 0 Å². The van der Waals surface area contributed by atoms with E-state index in [-0.39, 0.29) is 19.0 Å². The van der Waals surface area contributed by atoms with Crippen LogP contribution in [-0.2, 0) is 9.59 Å². The first kappa shape index (κ1) is 15.3. The summed E-state index contributed by atoms with van der Waals surface area (Å²) in [5.41, 5.74) is -2.57. The van der Waals surface area contributed by atoms with Crippen LogP contribution in [0.3, 0.4) is 0 Å². The van der Waals surface area contributed by atoms with Crippen LogP contribution in [0.25, 0.3) is 0 Å². The van der Waals surface area contributed by atoms with Gasteiger partial charge in [-0.25, -0.2) is 17.6 Å². The van der Waals surface area contributed by atoms with Crippen molar-refractivity contribution in [2.24, 2.45) is 0 Å². The molecule has 1 aliphatic heterocycles. The third-order valence-corrected chi connectivity index (χ3v) is 3.15. The van der Waals surface area contributed by atoms with Gasteiger partial charge in [0.15, 0.2) is 23.3 Å². The van der Waals surface area contributed by atoms with Crippen LogP contribution in [0.4, 0.5) is 23.2 Å². The molecule has 0 spiro atoms. The van der Waals surface area contributed by atoms with Crippen LogP contribution in [0.1, 0.15) is 20.3 Å². The summed E-state index contributed by atoms with van der Waals surface area (Å²) in [6, 6.07) is 0.0605. The molecule has 1 heterocycles. The van der Waals surface area contributed by atoms with Gasteiger partial charge in [-0.3, -0.25) is 9.59 Å². The first-order valence-corrected chi connectivity index (χ1v) is 6.11. The zero-order valence-corrected chi connectivity index (χ0v) is 11.3. The molecule has 4 nitrogen and oxygen atoms in total. The summed E-state index contributed by atoms with van der Waals surface area (Å²) in [4.78, 5) is 24.3. The Labute approximate surface area is 117 Å². The average Bonchev–Trinajstić information content (AvgIpc) is 2.47.